The van der Waals surface area contributed by atoms with Gasteiger partial charge < -0.3 is 16.0 Å². The largest absolute Gasteiger partial charge is 0.356 e. The van der Waals surface area contributed by atoms with Crippen LogP contribution in [0.3, 0.4) is 0 Å². The van der Waals surface area contributed by atoms with E-state index in [0.29, 0.717) is 6.54 Å². The molecule has 0 radical (unpaired) electrons. The number of anilines is 1. The zero-order chi connectivity index (χ0) is 24.4. The fourth-order valence-electron chi connectivity index (χ4n) is 6.44. The van der Waals surface area contributed by atoms with Gasteiger partial charge in [-0.25, -0.2) is 9.97 Å². The molecule has 7 nitrogen and oxygen atoms in total. The molecule has 1 aromatic carbocycles. The normalized spacial score (nSPS) is 24.5. The first-order chi connectivity index (χ1) is 17.7. The van der Waals surface area contributed by atoms with Gasteiger partial charge in [0, 0.05) is 54.3 Å². The van der Waals surface area contributed by atoms with Gasteiger partial charge in [0.05, 0.1) is 11.2 Å². The predicted molar refractivity (Wildman–Crippen MR) is 144 cm³/mol. The van der Waals surface area contributed by atoms with Crippen LogP contribution in [0.25, 0.3) is 11.3 Å². The van der Waals surface area contributed by atoms with E-state index in [1.807, 2.05) is 12.3 Å². The molecule has 6 rings (SSSR count). The Kier molecular flexibility index (Phi) is 6.76. The van der Waals surface area contributed by atoms with E-state index in [4.69, 9.17) is 15.7 Å². The number of nitrogens with one attached hydrogen (secondary N) is 2. The molecule has 1 aliphatic heterocycles. The van der Waals surface area contributed by atoms with E-state index in [0.717, 1.165) is 67.8 Å². The maximum atomic E-state index is 7.25. The number of fused-ring (bicyclic) bond motifs is 1. The van der Waals surface area contributed by atoms with Crippen LogP contribution in [-0.2, 0) is 24.9 Å². The molecular formula is C29H39N7. The number of aryl methyl sites for hydroxylation is 1. The van der Waals surface area contributed by atoms with Crippen molar-refractivity contribution in [3.05, 3.63) is 59.2 Å². The van der Waals surface area contributed by atoms with Gasteiger partial charge in [-0.3, -0.25) is 5.10 Å². The van der Waals surface area contributed by atoms with Crippen molar-refractivity contribution in [1.29, 1.82) is 0 Å². The summed E-state index contributed by atoms with van der Waals surface area (Å²) in [6, 6.07) is 10.5. The van der Waals surface area contributed by atoms with Crippen molar-refractivity contribution in [3.63, 3.8) is 0 Å². The Balaban J connectivity index is 1.28. The predicted octanol–water partition coefficient (Wildman–Crippen LogP) is 4.62. The van der Waals surface area contributed by atoms with Crippen molar-refractivity contribution in [2.75, 3.05) is 18.0 Å². The van der Waals surface area contributed by atoms with Crippen molar-refractivity contribution in [1.82, 2.24) is 25.5 Å². The Bertz CT molecular complexity index is 1170. The highest BCUT2D eigenvalue weighted by atomic mass is 15.2. The molecule has 3 heterocycles. The Morgan fingerprint density at radius 1 is 0.972 bits per heavy atom. The van der Waals surface area contributed by atoms with Gasteiger partial charge in [-0.1, -0.05) is 43.2 Å². The second-order valence-electron chi connectivity index (χ2n) is 10.9. The first-order valence-corrected chi connectivity index (χ1v) is 14.0. The van der Waals surface area contributed by atoms with Gasteiger partial charge in [-0.2, -0.15) is 5.10 Å². The van der Waals surface area contributed by atoms with Crippen molar-refractivity contribution in [3.8, 4) is 11.3 Å². The van der Waals surface area contributed by atoms with E-state index in [1.165, 1.54) is 55.6 Å². The minimum absolute atomic E-state index is 0.134. The maximum Gasteiger partial charge on any atom is 0.152 e. The standard InChI is InChI=1S/C29H39N7/c30-29(16-10-15-25(29)31-19-22-20-32-35-26(22)21-11-4-3-5-12-21)28-33-24-14-7-6-13-23(24)27(34-28)36-17-8-1-2-9-18-36/h3-5,11-12,20,25,31H,1-2,6-10,13-19,30H2,(H,32,35). The van der Waals surface area contributed by atoms with Crippen LogP contribution in [0.2, 0.25) is 0 Å². The zero-order valence-corrected chi connectivity index (χ0v) is 21.3. The average Bonchev–Trinajstić information content (AvgIpc) is 3.45. The highest BCUT2D eigenvalue weighted by Crippen LogP contribution is 2.38. The molecule has 3 aliphatic rings. The third kappa shape index (κ3) is 4.55. The highest BCUT2D eigenvalue weighted by molar-refractivity contribution is 5.62. The molecule has 2 aliphatic carbocycles. The first kappa shape index (κ1) is 23.6. The quantitative estimate of drug-likeness (QED) is 0.471. The van der Waals surface area contributed by atoms with E-state index in [2.05, 4.69) is 44.7 Å². The van der Waals surface area contributed by atoms with Gasteiger partial charge in [0.1, 0.15) is 5.82 Å². The molecular weight excluding hydrogens is 446 g/mol. The van der Waals surface area contributed by atoms with Gasteiger partial charge in [0.15, 0.2) is 5.82 Å². The molecule has 4 N–H and O–H groups in total. The van der Waals surface area contributed by atoms with Crippen LogP contribution in [0.5, 0.6) is 0 Å². The monoisotopic (exact) mass is 485 g/mol. The molecule has 2 aromatic heterocycles. The molecule has 2 atom stereocenters. The molecule has 7 heteroatoms. The van der Waals surface area contributed by atoms with E-state index >= 15 is 0 Å². The summed E-state index contributed by atoms with van der Waals surface area (Å²) in [5.41, 5.74) is 12.6. The third-order valence-electron chi connectivity index (χ3n) is 8.49. The van der Waals surface area contributed by atoms with E-state index in [9.17, 15) is 0 Å². The molecule has 36 heavy (non-hydrogen) atoms. The fraction of sp³-hybridized carbons (Fsp3) is 0.552. The number of aromatic nitrogens is 4. The molecule has 1 saturated heterocycles. The SMILES string of the molecule is NC1(c2nc3c(c(N4CCCCCC4)n2)CCCC3)CCCC1NCc1c[nH]nc1-c1ccccc1. The van der Waals surface area contributed by atoms with Crippen molar-refractivity contribution >= 4 is 5.82 Å². The Morgan fingerprint density at radius 3 is 2.61 bits per heavy atom. The van der Waals surface area contributed by atoms with Crippen molar-refractivity contribution < 1.29 is 0 Å². The lowest BCUT2D eigenvalue weighted by Gasteiger charge is -2.34. The van der Waals surface area contributed by atoms with E-state index < -0.39 is 5.54 Å². The number of hydrogen-bond donors (Lipinski definition) is 3. The summed E-state index contributed by atoms with van der Waals surface area (Å²) in [5.74, 6) is 2.04. The summed E-state index contributed by atoms with van der Waals surface area (Å²) >= 11 is 0. The number of nitrogens with zero attached hydrogens (tertiary/aromatic N) is 4. The minimum Gasteiger partial charge on any atom is -0.356 e. The number of hydrogen-bond acceptors (Lipinski definition) is 6. The van der Waals surface area contributed by atoms with Crippen LogP contribution in [0.15, 0.2) is 36.5 Å². The smallest absolute Gasteiger partial charge is 0.152 e. The number of aromatic amines is 1. The van der Waals surface area contributed by atoms with Crippen molar-refractivity contribution in [2.24, 2.45) is 5.73 Å². The molecule has 1 saturated carbocycles. The van der Waals surface area contributed by atoms with Gasteiger partial charge in [0.25, 0.3) is 0 Å². The molecule has 2 fully saturated rings. The summed E-state index contributed by atoms with van der Waals surface area (Å²) in [6.07, 6.45) is 14.8. The number of nitrogens with two attached hydrogens (primary N) is 1. The van der Waals surface area contributed by atoms with Gasteiger partial charge in [0.2, 0.25) is 0 Å². The van der Waals surface area contributed by atoms with Crippen LogP contribution < -0.4 is 16.0 Å². The highest BCUT2D eigenvalue weighted by Gasteiger charge is 2.44. The van der Waals surface area contributed by atoms with E-state index in [1.54, 1.807) is 0 Å². The first-order valence-electron chi connectivity index (χ1n) is 14.0. The van der Waals surface area contributed by atoms with Crippen LogP contribution in [0, 0.1) is 0 Å². The molecule has 0 bridgehead atoms. The lowest BCUT2D eigenvalue weighted by Crippen LogP contribution is -2.52. The topological polar surface area (TPSA) is 95.7 Å². The molecule has 190 valence electrons. The summed E-state index contributed by atoms with van der Waals surface area (Å²) < 4.78 is 0. The second kappa shape index (κ2) is 10.3. The Hall–Kier alpha value is -2.77. The second-order valence-corrected chi connectivity index (χ2v) is 10.9. The number of H-pyrrole nitrogens is 1. The Morgan fingerprint density at radius 2 is 1.78 bits per heavy atom. The van der Waals surface area contributed by atoms with Crippen LogP contribution in [0.1, 0.15) is 80.4 Å². The number of rotatable bonds is 6. The lowest BCUT2D eigenvalue weighted by atomic mass is 9.90. The fourth-order valence-corrected chi connectivity index (χ4v) is 6.44. The van der Waals surface area contributed by atoms with Crippen LogP contribution in [0.4, 0.5) is 5.82 Å². The third-order valence-corrected chi connectivity index (χ3v) is 8.49. The Labute approximate surface area is 214 Å². The summed E-state index contributed by atoms with van der Waals surface area (Å²) in [6.45, 7) is 2.92. The maximum absolute atomic E-state index is 7.25. The average molecular weight is 486 g/mol. The lowest BCUT2D eigenvalue weighted by molar-refractivity contribution is 0.323. The summed E-state index contributed by atoms with van der Waals surface area (Å²) in [4.78, 5) is 13.0. The summed E-state index contributed by atoms with van der Waals surface area (Å²) in [5, 5.41) is 11.4. The van der Waals surface area contributed by atoms with Gasteiger partial charge in [-0.15, -0.1) is 0 Å². The van der Waals surface area contributed by atoms with Gasteiger partial charge >= 0.3 is 0 Å². The summed E-state index contributed by atoms with van der Waals surface area (Å²) in [7, 11) is 0. The number of benzene rings is 1. The van der Waals surface area contributed by atoms with Crippen LogP contribution >= 0.6 is 0 Å². The molecule has 3 aromatic rings. The minimum atomic E-state index is -0.552. The molecule has 0 spiro atoms. The van der Waals surface area contributed by atoms with E-state index in [-0.39, 0.29) is 6.04 Å². The molecule has 2 unspecified atom stereocenters. The zero-order valence-electron chi connectivity index (χ0n) is 21.3. The molecule has 0 amide bonds. The van der Waals surface area contributed by atoms with Gasteiger partial charge in [-0.05, 0) is 57.8 Å². The van der Waals surface area contributed by atoms with Crippen LogP contribution in [-0.4, -0.2) is 39.3 Å². The van der Waals surface area contributed by atoms with Crippen molar-refractivity contribution in [2.45, 2.75) is 88.8 Å².